The molecule has 0 fully saturated rings. The molecule has 0 bridgehead atoms. The van der Waals surface area contributed by atoms with Crippen molar-refractivity contribution < 1.29 is 4.79 Å². The van der Waals surface area contributed by atoms with Crippen molar-refractivity contribution in [3.05, 3.63) is 90.1 Å². The van der Waals surface area contributed by atoms with Gasteiger partial charge in [-0.15, -0.1) is 0 Å². The zero-order valence-corrected chi connectivity index (χ0v) is 19.7. The normalized spacial score (nSPS) is 11.2. The van der Waals surface area contributed by atoms with Crippen molar-refractivity contribution in [2.24, 2.45) is 0 Å². The summed E-state index contributed by atoms with van der Waals surface area (Å²) in [5.41, 5.74) is 2.14. The largest absolute Gasteiger partial charge is 0.339 e. The SMILES string of the molecule is CN(C)C/C=C/C(=O)Nc1ccccc1Nc1ncc(Cl)c(Nc2ccc3ccccc3c2)n1. The van der Waals surface area contributed by atoms with Crippen molar-refractivity contribution in [1.29, 1.82) is 0 Å². The zero-order chi connectivity index (χ0) is 23.9. The van der Waals surface area contributed by atoms with E-state index >= 15 is 0 Å². The molecule has 4 rings (SSSR count). The van der Waals surface area contributed by atoms with Gasteiger partial charge in [-0.2, -0.15) is 4.98 Å². The molecule has 1 amide bonds. The van der Waals surface area contributed by atoms with Crippen LogP contribution in [-0.4, -0.2) is 41.4 Å². The first-order chi connectivity index (χ1) is 16.5. The molecule has 3 aromatic carbocycles. The minimum absolute atomic E-state index is 0.216. The Bertz CT molecular complexity index is 1340. The van der Waals surface area contributed by atoms with Gasteiger partial charge in [0, 0.05) is 18.3 Å². The number of aromatic nitrogens is 2. The van der Waals surface area contributed by atoms with Gasteiger partial charge in [0.15, 0.2) is 5.82 Å². The van der Waals surface area contributed by atoms with E-state index in [4.69, 9.17) is 11.6 Å². The number of hydrogen-bond acceptors (Lipinski definition) is 6. The number of hydrogen-bond donors (Lipinski definition) is 3. The molecule has 34 heavy (non-hydrogen) atoms. The van der Waals surface area contributed by atoms with Crippen LogP contribution in [0.1, 0.15) is 0 Å². The zero-order valence-electron chi connectivity index (χ0n) is 18.9. The van der Waals surface area contributed by atoms with Gasteiger partial charge in [0.1, 0.15) is 5.02 Å². The standard InChI is InChI=1S/C26H25ClN6O/c1-33(2)15-7-12-24(34)30-22-10-5-6-11-23(22)31-26-28-17-21(27)25(32-26)29-20-14-13-18-8-3-4-9-19(18)16-20/h3-14,16-17H,15H2,1-2H3,(H,30,34)(H2,28,29,31,32)/b12-7+. The Morgan fingerprint density at radius 2 is 1.71 bits per heavy atom. The molecule has 0 aliphatic rings. The number of carbonyl (C=O) groups excluding carboxylic acids is 1. The predicted octanol–water partition coefficient (Wildman–Crippen LogP) is 5.83. The van der Waals surface area contributed by atoms with Crippen LogP contribution in [0.25, 0.3) is 10.8 Å². The van der Waals surface area contributed by atoms with Crippen molar-refractivity contribution in [3.63, 3.8) is 0 Å². The number of amides is 1. The van der Waals surface area contributed by atoms with Crippen molar-refractivity contribution in [1.82, 2.24) is 14.9 Å². The van der Waals surface area contributed by atoms with Crippen LogP contribution in [0.15, 0.2) is 85.1 Å². The van der Waals surface area contributed by atoms with Crippen LogP contribution in [-0.2, 0) is 4.79 Å². The highest BCUT2D eigenvalue weighted by atomic mass is 35.5. The summed E-state index contributed by atoms with van der Waals surface area (Å²) >= 11 is 6.35. The third-order valence-electron chi connectivity index (χ3n) is 4.93. The maximum Gasteiger partial charge on any atom is 0.248 e. The number of para-hydroxylation sites is 2. The molecule has 0 atom stereocenters. The van der Waals surface area contributed by atoms with Crippen LogP contribution < -0.4 is 16.0 Å². The second kappa shape index (κ2) is 10.8. The number of carbonyl (C=O) groups is 1. The molecule has 0 aliphatic carbocycles. The number of fused-ring (bicyclic) bond motifs is 1. The summed E-state index contributed by atoms with van der Waals surface area (Å²) in [5, 5.41) is 12.0. The van der Waals surface area contributed by atoms with E-state index in [1.165, 1.54) is 12.3 Å². The fourth-order valence-electron chi connectivity index (χ4n) is 3.29. The lowest BCUT2D eigenvalue weighted by molar-refractivity contribution is -0.111. The maximum absolute atomic E-state index is 12.3. The number of nitrogens with one attached hydrogen (secondary N) is 3. The molecule has 0 unspecified atom stereocenters. The molecule has 0 spiro atoms. The predicted molar refractivity (Wildman–Crippen MR) is 140 cm³/mol. The van der Waals surface area contributed by atoms with Gasteiger partial charge in [0.25, 0.3) is 0 Å². The molecular formula is C26H25ClN6O. The summed E-state index contributed by atoms with van der Waals surface area (Å²) in [6, 6.07) is 21.5. The second-order valence-corrected chi connectivity index (χ2v) is 8.31. The molecule has 7 nitrogen and oxygen atoms in total. The van der Waals surface area contributed by atoms with Crippen LogP contribution in [0.3, 0.4) is 0 Å². The number of benzene rings is 3. The average molecular weight is 473 g/mol. The molecule has 0 aliphatic heterocycles. The first kappa shape index (κ1) is 23.2. The monoisotopic (exact) mass is 472 g/mol. The van der Waals surface area contributed by atoms with Gasteiger partial charge in [-0.05, 0) is 49.1 Å². The number of nitrogens with zero attached hydrogens (tertiary/aromatic N) is 3. The molecule has 3 N–H and O–H groups in total. The Hall–Kier alpha value is -3.94. The Morgan fingerprint density at radius 3 is 2.50 bits per heavy atom. The van der Waals surface area contributed by atoms with Gasteiger partial charge in [-0.1, -0.05) is 60.1 Å². The number of anilines is 5. The molecule has 8 heteroatoms. The Morgan fingerprint density at radius 1 is 0.971 bits per heavy atom. The fourth-order valence-corrected chi connectivity index (χ4v) is 3.42. The van der Waals surface area contributed by atoms with E-state index in [0.29, 0.717) is 34.7 Å². The summed E-state index contributed by atoms with van der Waals surface area (Å²) in [7, 11) is 3.88. The molecule has 4 aromatic rings. The highest BCUT2D eigenvalue weighted by Crippen LogP contribution is 2.28. The topological polar surface area (TPSA) is 82.2 Å². The molecule has 0 radical (unpaired) electrons. The molecule has 1 aromatic heterocycles. The average Bonchev–Trinajstić information content (AvgIpc) is 2.82. The van der Waals surface area contributed by atoms with Crippen LogP contribution in [0, 0.1) is 0 Å². The van der Waals surface area contributed by atoms with Crippen molar-refractivity contribution in [2.45, 2.75) is 0 Å². The van der Waals surface area contributed by atoms with Gasteiger partial charge in [0.2, 0.25) is 11.9 Å². The lowest BCUT2D eigenvalue weighted by atomic mass is 10.1. The van der Waals surface area contributed by atoms with Crippen LogP contribution in [0.4, 0.5) is 28.8 Å². The molecule has 1 heterocycles. The van der Waals surface area contributed by atoms with E-state index in [1.807, 2.05) is 73.6 Å². The summed E-state index contributed by atoms with van der Waals surface area (Å²) in [4.78, 5) is 23.1. The number of likely N-dealkylation sites (N-methyl/N-ethyl adjacent to an activating group) is 1. The smallest absolute Gasteiger partial charge is 0.248 e. The molecular weight excluding hydrogens is 448 g/mol. The summed E-state index contributed by atoms with van der Waals surface area (Å²) < 4.78 is 0. The third kappa shape index (κ3) is 6.10. The quantitative estimate of drug-likeness (QED) is 0.280. The first-order valence-corrected chi connectivity index (χ1v) is 11.1. The highest BCUT2D eigenvalue weighted by Gasteiger charge is 2.10. The highest BCUT2D eigenvalue weighted by molar-refractivity contribution is 6.33. The summed E-state index contributed by atoms with van der Waals surface area (Å²) in [5.74, 6) is 0.604. The Labute approximate surface area is 203 Å². The number of rotatable bonds is 8. The maximum atomic E-state index is 12.3. The fraction of sp³-hybridized carbons (Fsp3) is 0.115. The van der Waals surface area contributed by atoms with Crippen molar-refractivity contribution in [2.75, 3.05) is 36.6 Å². The van der Waals surface area contributed by atoms with E-state index in [2.05, 4.69) is 38.1 Å². The summed E-state index contributed by atoms with van der Waals surface area (Å²) in [6.07, 6.45) is 4.85. The Balaban J connectivity index is 1.51. The van der Waals surface area contributed by atoms with Gasteiger partial charge in [-0.3, -0.25) is 4.79 Å². The van der Waals surface area contributed by atoms with Crippen LogP contribution in [0.2, 0.25) is 5.02 Å². The second-order valence-electron chi connectivity index (χ2n) is 7.90. The van der Waals surface area contributed by atoms with Crippen LogP contribution in [0.5, 0.6) is 0 Å². The van der Waals surface area contributed by atoms with Crippen LogP contribution >= 0.6 is 11.6 Å². The van der Waals surface area contributed by atoms with E-state index in [0.717, 1.165) is 16.5 Å². The lowest BCUT2D eigenvalue weighted by Gasteiger charge is -2.13. The van der Waals surface area contributed by atoms with Crippen molar-refractivity contribution >= 4 is 57.1 Å². The van der Waals surface area contributed by atoms with Crippen molar-refractivity contribution in [3.8, 4) is 0 Å². The Kier molecular flexibility index (Phi) is 7.37. The van der Waals surface area contributed by atoms with E-state index in [1.54, 1.807) is 6.08 Å². The molecule has 0 saturated heterocycles. The van der Waals surface area contributed by atoms with Gasteiger partial charge in [-0.25, -0.2) is 4.98 Å². The van der Waals surface area contributed by atoms with Gasteiger partial charge in [0.05, 0.1) is 17.6 Å². The number of halogens is 1. The van der Waals surface area contributed by atoms with E-state index in [-0.39, 0.29) is 5.91 Å². The molecule has 0 saturated carbocycles. The molecule has 172 valence electrons. The minimum atomic E-state index is -0.216. The van der Waals surface area contributed by atoms with Gasteiger partial charge < -0.3 is 20.9 Å². The summed E-state index contributed by atoms with van der Waals surface area (Å²) in [6.45, 7) is 0.679. The minimum Gasteiger partial charge on any atom is -0.339 e. The lowest BCUT2D eigenvalue weighted by Crippen LogP contribution is -2.13. The van der Waals surface area contributed by atoms with Gasteiger partial charge >= 0.3 is 0 Å². The van der Waals surface area contributed by atoms with E-state index in [9.17, 15) is 4.79 Å². The third-order valence-corrected chi connectivity index (χ3v) is 5.20. The first-order valence-electron chi connectivity index (χ1n) is 10.7. The van der Waals surface area contributed by atoms with E-state index < -0.39 is 0 Å².